The summed E-state index contributed by atoms with van der Waals surface area (Å²) in [6.45, 7) is 3.08. The monoisotopic (exact) mass is 356 g/mol. The molecule has 0 fully saturated rings. The average molecular weight is 356 g/mol. The highest BCUT2D eigenvalue weighted by atomic mass is 32.2. The van der Waals surface area contributed by atoms with Crippen LogP contribution >= 0.6 is 11.8 Å². The lowest BCUT2D eigenvalue weighted by atomic mass is 10.3. The smallest absolute Gasteiger partial charge is 0.421 e. The molecule has 0 unspecified atom stereocenters. The summed E-state index contributed by atoms with van der Waals surface area (Å²) in [5.74, 6) is 1.10. The third-order valence-electron chi connectivity index (χ3n) is 3.72. The van der Waals surface area contributed by atoms with E-state index in [0.717, 1.165) is 21.9 Å². The van der Waals surface area contributed by atoms with Gasteiger partial charge in [0, 0.05) is 24.6 Å². The number of nitrogens with zero attached hydrogens (tertiary/aromatic N) is 3. The molecule has 3 aromatic heterocycles. The molecule has 8 heteroatoms. The molecule has 0 atom stereocenters. The first-order valence-corrected chi connectivity index (χ1v) is 8.93. The number of fused-ring (bicyclic) bond motifs is 2. The predicted octanol–water partition coefficient (Wildman–Crippen LogP) is 3.06. The highest BCUT2D eigenvalue weighted by Gasteiger charge is 2.10. The summed E-state index contributed by atoms with van der Waals surface area (Å²) in [6.07, 6.45) is 1.65. The Labute approximate surface area is 147 Å². The molecule has 7 nitrogen and oxygen atoms in total. The van der Waals surface area contributed by atoms with Gasteiger partial charge < -0.3 is 14.1 Å². The second kappa shape index (κ2) is 6.64. The highest BCUT2D eigenvalue weighted by Crippen LogP contribution is 2.23. The zero-order chi connectivity index (χ0) is 17.2. The Morgan fingerprint density at radius 1 is 1.36 bits per heavy atom. The molecule has 3 heterocycles. The van der Waals surface area contributed by atoms with Gasteiger partial charge in [0.05, 0.1) is 17.6 Å². The summed E-state index contributed by atoms with van der Waals surface area (Å²) < 4.78 is 12.2. The zero-order valence-corrected chi connectivity index (χ0v) is 14.4. The van der Waals surface area contributed by atoms with E-state index in [1.165, 1.54) is 4.57 Å². The van der Waals surface area contributed by atoms with Crippen molar-refractivity contribution in [3.05, 3.63) is 47.1 Å². The number of aryl methyl sites for hydroxylation is 1. The number of benzene rings is 1. The first-order chi connectivity index (χ1) is 12.2. The molecule has 0 amide bonds. The number of imidazole rings is 1. The summed E-state index contributed by atoms with van der Waals surface area (Å²) in [4.78, 5) is 24.0. The van der Waals surface area contributed by atoms with Crippen LogP contribution in [0.5, 0.6) is 5.75 Å². The number of aromatic nitrogens is 4. The molecular formula is C17H16N4O3S. The van der Waals surface area contributed by atoms with E-state index < -0.39 is 0 Å². The maximum Gasteiger partial charge on any atom is 0.421 e. The van der Waals surface area contributed by atoms with Crippen LogP contribution in [0, 0.1) is 0 Å². The van der Waals surface area contributed by atoms with Crippen LogP contribution in [0.1, 0.15) is 6.92 Å². The topological polar surface area (TPSA) is 85.9 Å². The summed E-state index contributed by atoms with van der Waals surface area (Å²) >= 11 is 1.54. The van der Waals surface area contributed by atoms with Crippen molar-refractivity contribution < 1.29 is 9.15 Å². The molecule has 1 N–H and O–H groups in total. The fourth-order valence-electron chi connectivity index (χ4n) is 2.62. The number of hydrogen-bond acceptors (Lipinski definition) is 6. The Morgan fingerprint density at radius 3 is 3.16 bits per heavy atom. The number of nitrogens with one attached hydrogen (secondary N) is 1. The Hall–Kier alpha value is -2.74. The van der Waals surface area contributed by atoms with Gasteiger partial charge in [0.1, 0.15) is 5.75 Å². The third-order valence-corrected chi connectivity index (χ3v) is 4.57. The number of pyridine rings is 1. The molecule has 0 aliphatic carbocycles. The van der Waals surface area contributed by atoms with Crippen LogP contribution in [0.3, 0.4) is 0 Å². The van der Waals surface area contributed by atoms with E-state index in [1.807, 2.05) is 25.1 Å². The number of H-pyrrole nitrogens is 1. The molecule has 25 heavy (non-hydrogen) atoms. The van der Waals surface area contributed by atoms with Crippen molar-refractivity contribution >= 4 is 34.0 Å². The van der Waals surface area contributed by atoms with Crippen molar-refractivity contribution in [2.24, 2.45) is 0 Å². The summed E-state index contributed by atoms with van der Waals surface area (Å²) in [5, 5.41) is 0.803. The van der Waals surface area contributed by atoms with Crippen molar-refractivity contribution in [1.29, 1.82) is 0 Å². The van der Waals surface area contributed by atoms with Crippen molar-refractivity contribution in [2.45, 2.75) is 18.6 Å². The average Bonchev–Trinajstić information content (AvgIpc) is 3.15. The van der Waals surface area contributed by atoms with Crippen LogP contribution in [-0.4, -0.2) is 31.9 Å². The number of hydrogen-bond donors (Lipinski definition) is 1. The molecule has 4 rings (SSSR count). The van der Waals surface area contributed by atoms with E-state index in [0.29, 0.717) is 30.1 Å². The van der Waals surface area contributed by atoms with Gasteiger partial charge in [-0.25, -0.2) is 14.8 Å². The lowest BCUT2D eigenvalue weighted by molar-refractivity contribution is 0.340. The predicted molar refractivity (Wildman–Crippen MR) is 96.3 cm³/mol. The third kappa shape index (κ3) is 3.12. The molecule has 0 spiro atoms. The molecule has 0 saturated heterocycles. The van der Waals surface area contributed by atoms with Gasteiger partial charge in [-0.1, -0.05) is 11.8 Å². The van der Waals surface area contributed by atoms with E-state index in [1.54, 1.807) is 30.1 Å². The molecule has 4 aromatic rings. The Balaban J connectivity index is 1.48. The normalized spacial score (nSPS) is 11.4. The van der Waals surface area contributed by atoms with Gasteiger partial charge in [0.25, 0.3) is 0 Å². The summed E-state index contributed by atoms with van der Waals surface area (Å²) in [7, 11) is 0. The van der Waals surface area contributed by atoms with Crippen molar-refractivity contribution in [1.82, 2.24) is 19.5 Å². The van der Waals surface area contributed by atoms with Crippen molar-refractivity contribution in [3.63, 3.8) is 0 Å². The number of thioether (sulfide) groups is 1. The Bertz CT molecular complexity index is 1080. The van der Waals surface area contributed by atoms with Crippen LogP contribution in [0.4, 0.5) is 0 Å². The standard InChI is InChI=1S/C17H16N4O3S/c1-2-23-11-5-6-12-13(10-11)20-16(19-12)25-9-8-21-15-14(24-17(21)22)4-3-7-18-15/h3-7,10H,2,8-9H2,1H3,(H,19,20). The fourth-order valence-corrected chi connectivity index (χ4v) is 3.43. The highest BCUT2D eigenvalue weighted by molar-refractivity contribution is 7.99. The largest absolute Gasteiger partial charge is 0.494 e. The molecule has 1 aromatic carbocycles. The molecule has 0 bridgehead atoms. The fraction of sp³-hybridized carbons (Fsp3) is 0.235. The number of oxazole rings is 1. The van der Waals surface area contributed by atoms with Gasteiger partial charge in [-0.05, 0) is 31.2 Å². The maximum atomic E-state index is 11.9. The van der Waals surface area contributed by atoms with E-state index in [-0.39, 0.29) is 5.76 Å². The van der Waals surface area contributed by atoms with Crippen LogP contribution < -0.4 is 10.5 Å². The zero-order valence-electron chi connectivity index (χ0n) is 13.6. The van der Waals surface area contributed by atoms with Crippen LogP contribution in [0.15, 0.2) is 50.9 Å². The van der Waals surface area contributed by atoms with Crippen LogP contribution in [0.25, 0.3) is 22.3 Å². The minimum absolute atomic E-state index is 0.389. The minimum atomic E-state index is -0.389. The number of ether oxygens (including phenoxy) is 1. The van der Waals surface area contributed by atoms with E-state index in [2.05, 4.69) is 15.0 Å². The molecule has 128 valence electrons. The quantitative estimate of drug-likeness (QED) is 0.534. The van der Waals surface area contributed by atoms with Gasteiger partial charge >= 0.3 is 5.76 Å². The molecule has 0 aliphatic rings. The Morgan fingerprint density at radius 2 is 2.28 bits per heavy atom. The van der Waals surface area contributed by atoms with Crippen molar-refractivity contribution in [3.8, 4) is 5.75 Å². The lowest BCUT2D eigenvalue weighted by Gasteiger charge is -2.00. The van der Waals surface area contributed by atoms with Crippen LogP contribution in [0.2, 0.25) is 0 Å². The second-order valence-corrected chi connectivity index (χ2v) is 6.43. The first-order valence-electron chi connectivity index (χ1n) is 7.94. The molecule has 0 radical (unpaired) electrons. The van der Waals surface area contributed by atoms with Gasteiger partial charge in [0.15, 0.2) is 16.4 Å². The maximum absolute atomic E-state index is 11.9. The van der Waals surface area contributed by atoms with E-state index in [4.69, 9.17) is 9.15 Å². The van der Waals surface area contributed by atoms with Gasteiger partial charge in [0.2, 0.25) is 0 Å². The van der Waals surface area contributed by atoms with Crippen molar-refractivity contribution in [2.75, 3.05) is 12.4 Å². The summed E-state index contributed by atoms with van der Waals surface area (Å²) in [6, 6.07) is 9.26. The molecule has 0 saturated carbocycles. The lowest BCUT2D eigenvalue weighted by Crippen LogP contribution is -2.15. The van der Waals surface area contributed by atoms with Crippen LogP contribution in [-0.2, 0) is 6.54 Å². The van der Waals surface area contributed by atoms with E-state index in [9.17, 15) is 4.79 Å². The van der Waals surface area contributed by atoms with Gasteiger partial charge in [-0.15, -0.1) is 0 Å². The number of aromatic amines is 1. The second-order valence-electron chi connectivity index (χ2n) is 5.35. The Kier molecular flexibility index (Phi) is 4.19. The number of rotatable bonds is 6. The molecular weight excluding hydrogens is 340 g/mol. The SMILES string of the molecule is CCOc1ccc2nc(SCCn3c(=O)oc4cccnc43)[nH]c2c1. The van der Waals surface area contributed by atoms with Gasteiger partial charge in [-0.2, -0.15) is 0 Å². The minimum Gasteiger partial charge on any atom is -0.494 e. The first kappa shape index (κ1) is 15.8. The van der Waals surface area contributed by atoms with Gasteiger partial charge in [-0.3, -0.25) is 4.57 Å². The molecule has 0 aliphatic heterocycles. The summed E-state index contributed by atoms with van der Waals surface area (Å²) in [5.41, 5.74) is 2.89. The van der Waals surface area contributed by atoms with E-state index >= 15 is 0 Å².